The lowest BCUT2D eigenvalue weighted by Crippen LogP contribution is -2.40. The van der Waals surface area contributed by atoms with Gasteiger partial charge in [0, 0.05) is 26.1 Å². The van der Waals surface area contributed by atoms with Gasteiger partial charge >= 0.3 is 0 Å². The Morgan fingerprint density at radius 3 is 2.96 bits per heavy atom. The molecular formula is C17H21N5O2. The molecule has 7 nitrogen and oxygen atoms in total. The van der Waals surface area contributed by atoms with E-state index in [0.717, 1.165) is 30.7 Å². The fourth-order valence-electron chi connectivity index (χ4n) is 3.20. The number of imidazole rings is 1. The molecule has 0 amide bonds. The maximum Gasteiger partial charge on any atom is 0.246 e. The number of ether oxygens (including phenoxy) is 1. The lowest BCUT2D eigenvalue weighted by atomic mass is 10.2. The van der Waals surface area contributed by atoms with Gasteiger partial charge in [0.1, 0.15) is 6.10 Å². The van der Waals surface area contributed by atoms with Gasteiger partial charge in [-0.15, -0.1) is 10.2 Å². The van der Waals surface area contributed by atoms with Crippen LogP contribution in [-0.2, 0) is 17.7 Å². The summed E-state index contributed by atoms with van der Waals surface area (Å²) in [6.07, 6.45) is 2.55. The zero-order chi connectivity index (χ0) is 16.5. The summed E-state index contributed by atoms with van der Waals surface area (Å²) in [5.41, 5.74) is 2.11. The Labute approximate surface area is 140 Å². The van der Waals surface area contributed by atoms with Gasteiger partial charge < -0.3 is 18.6 Å². The Morgan fingerprint density at radius 1 is 1.21 bits per heavy atom. The zero-order valence-corrected chi connectivity index (χ0v) is 13.9. The Bertz CT molecular complexity index is 817. The first-order valence-electron chi connectivity index (χ1n) is 8.25. The number of aromatic nitrogens is 4. The van der Waals surface area contributed by atoms with Crippen LogP contribution in [0.4, 0.5) is 0 Å². The SMILES string of the molecule is C[C@@H]1CN(C)C[C@H](c2nnc(CCn3cnc4ccccc43)o2)O1. The third-order valence-corrected chi connectivity index (χ3v) is 4.29. The van der Waals surface area contributed by atoms with E-state index in [1.54, 1.807) is 0 Å². The summed E-state index contributed by atoms with van der Waals surface area (Å²) in [5, 5.41) is 8.35. The van der Waals surface area contributed by atoms with Gasteiger partial charge in [-0.2, -0.15) is 0 Å². The molecule has 3 aromatic rings. The molecule has 1 aliphatic heterocycles. The summed E-state index contributed by atoms with van der Waals surface area (Å²) < 4.78 is 13.8. The van der Waals surface area contributed by atoms with Gasteiger partial charge in [0.15, 0.2) is 0 Å². The van der Waals surface area contributed by atoms with E-state index in [9.17, 15) is 0 Å². The highest BCUT2D eigenvalue weighted by molar-refractivity contribution is 5.74. The predicted octanol–water partition coefficient (Wildman–Crippen LogP) is 2.05. The van der Waals surface area contributed by atoms with Crippen molar-refractivity contribution in [2.45, 2.75) is 32.1 Å². The lowest BCUT2D eigenvalue weighted by molar-refractivity contribution is -0.0825. The highest BCUT2D eigenvalue weighted by Gasteiger charge is 2.28. The van der Waals surface area contributed by atoms with Gasteiger partial charge in [0.2, 0.25) is 11.8 Å². The van der Waals surface area contributed by atoms with Crippen LogP contribution in [0.2, 0.25) is 0 Å². The van der Waals surface area contributed by atoms with E-state index in [-0.39, 0.29) is 12.2 Å². The molecule has 0 spiro atoms. The van der Waals surface area contributed by atoms with Crippen LogP contribution in [0.5, 0.6) is 0 Å². The van der Waals surface area contributed by atoms with Crippen molar-refractivity contribution in [3.8, 4) is 0 Å². The number of hydrogen-bond acceptors (Lipinski definition) is 6. The van der Waals surface area contributed by atoms with E-state index in [0.29, 0.717) is 18.2 Å². The molecule has 0 N–H and O–H groups in total. The van der Waals surface area contributed by atoms with E-state index in [4.69, 9.17) is 9.15 Å². The summed E-state index contributed by atoms with van der Waals surface area (Å²) in [6.45, 7) is 4.51. The molecule has 1 aliphatic rings. The number of likely N-dealkylation sites (N-methyl/N-ethyl adjacent to an activating group) is 1. The number of para-hydroxylation sites is 2. The van der Waals surface area contributed by atoms with E-state index in [1.165, 1.54) is 0 Å². The number of nitrogens with zero attached hydrogens (tertiary/aromatic N) is 5. The summed E-state index contributed by atoms with van der Waals surface area (Å²) in [7, 11) is 2.08. The fraction of sp³-hybridized carbons (Fsp3) is 0.471. The highest BCUT2D eigenvalue weighted by atomic mass is 16.5. The topological polar surface area (TPSA) is 69.2 Å². The number of hydrogen-bond donors (Lipinski definition) is 0. The Balaban J connectivity index is 1.44. The van der Waals surface area contributed by atoms with Crippen LogP contribution in [0.3, 0.4) is 0 Å². The molecule has 3 heterocycles. The minimum atomic E-state index is -0.144. The molecule has 24 heavy (non-hydrogen) atoms. The average Bonchev–Trinajstić information content (AvgIpc) is 3.19. The summed E-state index contributed by atoms with van der Waals surface area (Å²) in [5.74, 6) is 1.20. The van der Waals surface area contributed by atoms with Crippen LogP contribution in [0, 0.1) is 0 Å². The third kappa shape index (κ3) is 3.05. The normalized spacial score (nSPS) is 22.2. The van der Waals surface area contributed by atoms with Crippen LogP contribution in [0.15, 0.2) is 35.0 Å². The molecule has 4 rings (SSSR count). The summed E-state index contributed by atoms with van der Waals surface area (Å²) in [6, 6.07) is 8.08. The van der Waals surface area contributed by atoms with Gasteiger partial charge in [-0.3, -0.25) is 0 Å². The number of fused-ring (bicyclic) bond motifs is 1. The number of morpholine rings is 1. The second-order valence-corrected chi connectivity index (χ2v) is 6.37. The number of aryl methyl sites for hydroxylation is 2. The standard InChI is InChI=1S/C17H21N5O2/c1-12-9-21(2)10-15(23-12)17-20-19-16(24-17)7-8-22-11-18-13-5-3-4-6-14(13)22/h3-6,11-12,15H,7-10H2,1-2H3/t12-,15-/m1/s1. The van der Waals surface area contributed by atoms with E-state index >= 15 is 0 Å². The van der Waals surface area contributed by atoms with Crippen molar-refractivity contribution >= 4 is 11.0 Å². The molecule has 0 radical (unpaired) electrons. The van der Waals surface area contributed by atoms with Crippen molar-refractivity contribution in [1.82, 2.24) is 24.6 Å². The van der Waals surface area contributed by atoms with Crippen molar-refractivity contribution < 1.29 is 9.15 Å². The van der Waals surface area contributed by atoms with Gasteiger partial charge in [-0.05, 0) is 26.1 Å². The maximum absolute atomic E-state index is 5.91. The Hall–Kier alpha value is -2.25. The second kappa shape index (κ2) is 6.33. The predicted molar refractivity (Wildman–Crippen MR) is 88.5 cm³/mol. The minimum Gasteiger partial charge on any atom is -0.422 e. The average molecular weight is 327 g/mol. The van der Waals surface area contributed by atoms with Crippen LogP contribution >= 0.6 is 0 Å². The van der Waals surface area contributed by atoms with Crippen LogP contribution in [-0.4, -0.2) is 50.9 Å². The summed E-state index contributed by atoms with van der Waals surface area (Å²) in [4.78, 5) is 6.62. The molecule has 0 saturated carbocycles. The molecule has 0 bridgehead atoms. The monoisotopic (exact) mass is 327 g/mol. The molecular weight excluding hydrogens is 306 g/mol. The van der Waals surface area contributed by atoms with Crippen LogP contribution in [0.1, 0.15) is 24.8 Å². The molecule has 2 aromatic heterocycles. The molecule has 0 aliphatic carbocycles. The van der Waals surface area contributed by atoms with Gasteiger partial charge in [-0.25, -0.2) is 4.98 Å². The molecule has 1 saturated heterocycles. The third-order valence-electron chi connectivity index (χ3n) is 4.29. The van der Waals surface area contributed by atoms with Crippen molar-refractivity contribution in [3.63, 3.8) is 0 Å². The first-order valence-corrected chi connectivity index (χ1v) is 8.25. The molecule has 0 unspecified atom stereocenters. The van der Waals surface area contributed by atoms with Crippen LogP contribution in [0.25, 0.3) is 11.0 Å². The van der Waals surface area contributed by atoms with Gasteiger partial charge in [0.05, 0.1) is 23.5 Å². The molecule has 2 atom stereocenters. The highest BCUT2D eigenvalue weighted by Crippen LogP contribution is 2.23. The lowest BCUT2D eigenvalue weighted by Gasteiger charge is -2.32. The Kier molecular flexibility index (Phi) is 4.03. The molecule has 1 fully saturated rings. The van der Waals surface area contributed by atoms with Crippen molar-refractivity contribution in [2.75, 3.05) is 20.1 Å². The zero-order valence-electron chi connectivity index (χ0n) is 13.9. The maximum atomic E-state index is 5.91. The van der Waals surface area contributed by atoms with E-state index in [2.05, 4.69) is 44.7 Å². The van der Waals surface area contributed by atoms with Crippen LogP contribution < -0.4 is 0 Å². The van der Waals surface area contributed by atoms with Gasteiger partial charge in [-0.1, -0.05) is 12.1 Å². The Morgan fingerprint density at radius 2 is 2.08 bits per heavy atom. The van der Waals surface area contributed by atoms with Gasteiger partial charge in [0.25, 0.3) is 0 Å². The molecule has 7 heteroatoms. The minimum absolute atomic E-state index is 0.144. The smallest absolute Gasteiger partial charge is 0.246 e. The van der Waals surface area contributed by atoms with Crippen molar-refractivity contribution in [2.24, 2.45) is 0 Å². The number of benzene rings is 1. The quantitative estimate of drug-likeness (QED) is 0.730. The van der Waals surface area contributed by atoms with E-state index < -0.39 is 0 Å². The summed E-state index contributed by atoms with van der Waals surface area (Å²) >= 11 is 0. The first kappa shape index (κ1) is 15.3. The largest absolute Gasteiger partial charge is 0.422 e. The fourth-order valence-corrected chi connectivity index (χ4v) is 3.20. The second-order valence-electron chi connectivity index (χ2n) is 6.37. The van der Waals surface area contributed by atoms with E-state index in [1.807, 2.05) is 24.5 Å². The van der Waals surface area contributed by atoms with Crippen molar-refractivity contribution in [3.05, 3.63) is 42.4 Å². The van der Waals surface area contributed by atoms with Crippen molar-refractivity contribution in [1.29, 1.82) is 0 Å². The first-order chi connectivity index (χ1) is 11.7. The number of rotatable bonds is 4. The molecule has 1 aromatic carbocycles. The molecule has 126 valence electrons.